The van der Waals surface area contributed by atoms with E-state index in [1.54, 1.807) is 24.4 Å². The average Bonchev–Trinajstić information content (AvgIpc) is 4.17. The van der Waals surface area contributed by atoms with Crippen LogP contribution in [0.4, 0.5) is 20.7 Å². The zero-order chi connectivity index (χ0) is 55.6. The van der Waals surface area contributed by atoms with Crippen LogP contribution in [-0.2, 0) is 19.1 Å². The summed E-state index contributed by atoms with van der Waals surface area (Å²) in [5.74, 6) is 1.62. The highest BCUT2D eigenvalue weighted by atomic mass is 19.1. The predicted molar refractivity (Wildman–Crippen MR) is 296 cm³/mol. The number of benzene rings is 3. The third-order valence-corrected chi connectivity index (χ3v) is 17.1. The second-order valence-corrected chi connectivity index (χ2v) is 23.7. The number of carbonyl (C=O) groups is 5. The summed E-state index contributed by atoms with van der Waals surface area (Å²) in [6, 6.07) is 13.3. The number of halogens is 1. The van der Waals surface area contributed by atoms with E-state index in [9.17, 15) is 24.0 Å². The highest BCUT2D eigenvalue weighted by Gasteiger charge is 2.48. The van der Waals surface area contributed by atoms with E-state index in [0.717, 1.165) is 107 Å². The van der Waals surface area contributed by atoms with Crippen LogP contribution < -0.4 is 24.6 Å². The van der Waals surface area contributed by atoms with Gasteiger partial charge in [-0.25, -0.2) is 9.18 Å². The first kappa shape index (κ1) is 53.2. The van der Waals surface area contributed by atoms with Gasteiger partial charge in [-0.05, 0) is 127 Å². The molecule has 12 rings (SSSR count). The molecule has 1 N–H and O–H groups in total. The van der Waals surface area contributed by atoms with Gasteiger partial charge >= 0.3 is 12.1 Å². The van der Waals surface area contributed by atoms with Crippen molar-refractivity contribution in [3.8, 4) is 35.4 Å². The SMILES string of the molecule is C#Cc1cccc2cc(OCOC)cc(-c3ncc4c(N5CC6CCC(C5)N6C(=O)OC(C)(C)C)nc(OCC5(CN6CCC(CN7CCN(c8ccc9c(c8)C(=O)N([C@H]8CCC(=O)NC8=O)C9=O)CC7)CC6)CC5)nc4c3F)c12. The van der Waals surface area contributed by atoms with E-state index in [1.807, 2.05) is 56.0 Å². The Morgan fingerprint density at radius 3 is 2.30 bits per heavy atom. The lowest BCUT2D eigenvalue weighted by atomic mass is 9.94. The number of likely N-dealkylation sites (tertiary alicyclic amines) is 1. The number of piperidine rings is 2. The third kappa shape index (κ3) is 10.3. The molecule has 2 bridgehead atoms. The molecule has 5 aromatic rings. The first-order valence-electron chi connectivity index (χ1n) is 28.0. The van der Waals surface area contributed by atoms with Crippen LogP contribution in [0.1, 0.15) is 98.4 Å². The zero-order valence-corrected chi connectivity index (χ0v) is 45.8. The molecule has 1 aliphatic carbocycles. The largest absolute Gasteiger partial charge is 0.468 e. The summed E-state index contributed by atoms with van der Waals surface area (Å²) in [6.45, 7) is 14.1. The number of pyridine rings is 1. The van der Waals surface area contributed by atoms with Crippen molar-refractivity contribution >= 4 is 62.9 Å². The molecule has 1 saturated carbocycles. The van der Waals surface area contributed by atoms with Crippen LogP contribution in [0, 0.1) is 29.5 Å². The second kappa shape index (κ2) is 21.2. The molecule has 7 aliphatic rings. The Balaban J connectivity index is 0.713. The summed E-state index contributed by atoms with van der Waals surface area (Å²) in [6.07, 6.45) is 13.3. The van der Waals surface area contributed by atoms with Crippen LogP contribution in [0.2, 0.25) is 0 Å². The quantitative estimate of drug-likeness (QED) is 0.0707. The van der Waals surface area contributed by atoms with E-state index in [4.69, 9.17) is 40.3 Å². The van der Waals surface area contributed by atoms with Crippen LogP contribution in [0.25, 0.3) is 32.9 Å². The molecule has 8 heterocycles. The number of amides is 5. The number of methoxy groups -OCH3 is 1. The fourth-order valence-electron chi connectivity index (χ4n) is 12.9. The maximum atomic E-state index is 17.7. The topological polar surface area (TPSA) is 192 Å². The number of anilines is 2. The van der Waals surface area contributed by atoms with E-state index in [-0.39, 0.29) is 66.0 Å². The molecule has 2 unspecified atom stereocenters. The second-order valence-electron chi connectivity index (χ2n) is 23.7. The zero-order valence-electron chi connectivity index (χ0n) is 45.8. The molecule has 2 aromatic heterocycles. The number of rotatable bonds is 14. The van der Waals surface area contributed by atoms with Crippen molar-refractivity contribution in [1.82, 2.24) is 39.9 Å². The number of terminal acetylenes is 1. The highest BCUT2D eigenvalue weighted by molar-refractivity contribution is 6.23. The minimum Gasteiger partial charge on any atom is -0.468 e. The minimum absolute atomic E-state index is 0.0104. The molecule has 20 heteroatoms. The van der Waals surface area contributed by atoms with Gasteiger partial charge in [-0.2, -0.15) is 9.97 Å². The minimum atomic E-state index is -0.995. The van der Waals surface area contributed by atoms with Crippen molar-refractivity contribution in [1.29, 1.82) is 0 Å². The molecule has 5 saturated heterocycles. The van der Waals surface area contributed by atoms with Gasteiger partial charge in [-0.3, -0.25) is 44.2 Å². The smallest absolute Gasteiger partial charge is 0.410 e. The van der Waals surface area contributed by atoms with E-state index >= 15 is 4.39 Å². The average molecular weight is 1090 g/mol. The monoisotopic (exact) mass is 1090 g/mol. The molecule has 0 radical (unpaired) electrons. The van der Waals surface area contributed by atoms with Gasteiger partial charge in [0.1, 0.15) is 34.4 Å². The summed E-state index contributed by atoms with van der Waals surface area (Å²) in [7, 11) is 1.53. The van der Waals surface area contributed by atoms with Gasteiger partial charge in [0.2, 0.25) is 11.8 Å². The van der Waals surface area contributed by atoms with Gasteiger partial charge < -0.3 is 33.6 Å². The number of piperazine rings is 2. The lowest BCUT2D eigenvalue weighted by Crippen LogP contribution is -2.57. The molecular formula is C60H67FN10O9. The maximum Gasteiger partial charge on any atom is 0.410 e. The molecule has 418 valence electrons. The molecule has 6 aliphatic heterocycles. The molecule has 19 nitrogen and oxygen atoms in total. The van der Waals surface area contributed by atoms with Crippen LogP contribution in [0.15, 0.2) is 54.7 Å². The van der Waals surface area contributed by atoms with Crippen LogP contribution >= 0.6 is 0 Å². The molecule has 3 aromatic carbocycles. The van der Waals surface area contributed by atoms with Crippen LogP contribution in [0.3, 0.4) is 0 Å². The van der Waals surface area contributed by atoms with E-state index in [2.05, 4.69) is 30.8 Å². The van der Waals surface area contributed by atoms with E-state index in [0.29, 0.717) is 64.6 Å². The number of ether oxygens (including phenoxy) is 4. The summed E-state index contributed by atoms with van der Waals surface area (Å²) in [5.41, 5.74) is 1.87. The van der Waals surface area contributed by atoms with Gasteiger partial charge in [0.05, 0.1) is 35.2 Å². The Morgan fingerprint density at radius 2 is 1.60 bits per heavy atom. The Hall–Kier alpha value is -7.47. The van der Waals surface area contributed by atoms with Gasteiger partial charge in [0, 0.05) is 99.7 Å². The molecular weight excluding hydrogens is 1020 g/mol. The first-order chi connectivity index (χ1) is 38.6. The molecule has 6 fully saturated rings. The third-order valence-electron chi connectivity index (χ3n) is 17.1. The van der Waals surface area contributed by atoms with Crippen molar-refractivity contribution in [2.75, 3.05) is 95.8 Å². The molecule has 5 amide bonds. The number of imide groups is 2. The van der Waals surface area contributed by atoms with Crippen molar-refractivity contribution in [2.45, 2.75) is 95.9 Å². The van der Waals surface area contributed by atoms with E-state index in [1.165, 1.54) is 7.11 Å². The van der Waals surface area contributed by atoms with Gasteiger partial charge in [-0.1, -0.05) is 18.1 Å². The lowest BCUT2D eigenvalue weighted by Gasteiger charge is -2.42. The van der Waals surface area contributed by atoms with Crippen LogP contribution in [-0.4, -0.2) is 174 Å². The first-order valence-corrected chi connectivity index (χ1v) is 28.0. The normalized spacial score (nSPS) is 22.5. The standard InChI is InChI=1S/C60H67FN10O9/c1-6-37-8-7-9-38-26-42(79-35-77-5)28-45(49(37)38)51-50(61)52-46(29-62-51)53(69-31-40-10-11-41(32-69)70(40)58(76)80-59(2,3)4)65-57(64-52)78-34-60(18-19-60)33-67-20-16-36(17-21-67)30-66-22-24-68(25-23-66)39-12-13-43-44(27-39)56(75)71(55(43)74)47-14-15-48(72)63-54(47)73/h1,7-9,12-13,26-29,36,40-41,47H,10-11,14-25,30-35H2,2-5H3,(H,63,72,73)/t40?,41?,47-/m0/s1. The summed E-state index contributed by atoms with van der Waals surface area (Å²) in [5, 5.41) is 4.09. The lowest BCUT2D eigenvalue weighted by molar-refractivity contribution is -0.136. The number of fused-ring (bicyclic) bond motifs is 5. The Labute approximate surface area is 464 Å². The number of nitrogens with zero attached hydrogens (tertiary/aromatic N) is 9. The summed E-state index contributed by atoms with van der Waals surface area (Å²) in [4.78, 5) is 91.6. The predicted octanol–water partition coefficient (Wildman–Crippen LogP) is 6.63. The molecule has 0 spiro atoms. The number of aromatic nitrogens is 3. The summed E-state index contributed by atoms with van der Waals surface area (Å²) < 4.78 is 41.2. The Morgan fingerprint density at radius 1 is 0.850 bits per heavy atom. The van der Waals surface area contributed by atoms with Gasteiger partial charge in [-0.15, -0.1) is 6.42 Å². The number of hydrogen-bond acceptors (Lipinski definition) is 16. The number of hydrogen-bond donors (Lipinski definition) is 1. The molecule has 3 atom stereocenters. The van der Waals surface area contributed by atoms with Crippen molar-refractivity contribution in [3.63, 3.8) is 0 Å². The fourth-order valence-corrected chi connectivity index (χ4v) is 12.9. The van der Waals surface area contributed by atoms with Crippen LogP contribution in [0.5, 0.6) is 11.8 Å². The summed E-state index contributed by atoms with van der Waals surface area (Å²) >= 11 is 0. The highest BCUT2D eigenvalue weighted by Crippen LogP contribution is 2.48. The Kier molecular flexibility index (Phi) is 14.1. The van der Waals surface area contributed by atoms with Crippen molar-refractivity contribution < 1.29 is 47.3 Å². The van der Waals surface area contributed by atoms with Crippen molar-refractivity contribution in [3.05, 3.63) is 77.2 Å². The van der Waals surface area contributed by atoms with Gasteiger partial charge in [0.15, 0.2) is 12.6 Å². The molecule has 80 heavy (non-hydrogen) atoms. The van der Waals surface area contributed by atoms with E-state index < -0.39 is 41.1 Å². The number of carbonyl (C=O) groups excluding carboxylic acids is 5. The van der Waals surface area contributed by atoms with Gasteiger partial charge in [0.25, 0.3) is 11.8 Å². The fraction of sp³-hybridized carbons (Fsp3) is 0.500. The number of nitrogens with one attached hydrogen (secondary N) is 1. The maximum absolute atomic E-state index is 17.7. The van der Waals surface area contributed by atoms with Crippen molar-refractivity contribution in [2.24, 2.45) is 11.3 Å². The Bertz CT molecular complexity index is 3350.